The van der Waals surface area contributed by atoms with Gasteiger partial charge in [0.25, 0.3) is 0 Å². The molecule has 0 fully saturated rings. The van der Waals surface area contributed by atoms with Crippen LogP contribution in [0.25, 0.3) is 28.3 Å². The van der Waals surface area contributed by atoms with E-state index in [0.717, 1.165) is 35.2 Å². The lowest BCUT2D eigenvalue weighted by Crippen LogP contribution is -2.27. The van der Waals surface area contributed by atoms with Gasteiger partial charge in [0.1, 0.15) is 5.56 Å². The number of hydrogen-bond acceptors (Lipinski definition) is 7. The van der Waals surface area contributed by atoms with E-state index in [9.17, 15) is 14.7 Å². The summed E-state index contributed by atoms with van der Waals surface area (Å²) < 4.78 is 4.64. The predicted octanol–water partition coefficient (Wildman–Crippen LogP) is 3.75. The van der Waals surface area contributed by atoms with Crippen LogP contribution in [0.3, 0.4) is 0 Å². The first-order valence-corrected chi connectivity index (χ1v) is 12.8. The summed E-state index contributed by atoms with van der Waals surface area (Å²) in [5.74, 6) is -0.315. The normalized spacial score (nSPS) is 11.4. The van der Waals surface area contributed by atoms with E-state index in [1.807, 2.05) is 50.2 Å². The van der Waals surface area contributed by atoms with Gasteiger partial charge in [0.2, 0.25) is 0 Å². The van der Waals surface area contributed by atoms with Gasteiger partial charge in [-0.25, -0.2) is 19.4 Å². The molecule has 0 aliphatic carbocycles. The van der Waals surface area contributed by atoms with Crippen LogP contribution >= 0.6 is 0 Å². The Bertz CT molecular complexity index is 1660. The van der Waals surface area contributed by atoms with Crippen LogP contribution in [-0.4, -0.2) is 55.6 Å². The minimum Gasteiger partial charge on any atom is -0.477 e. The second kappa shape index (κ2) is 10.9. The molecule has 2 N–H and O–H groups in total. The number of rotatable bonds is 10. The van der Waals surface area contributed by atoms with Crippen LogP contribution in [0.1, 0.15) is 61.4 Å². The number of carboxylic acid groups (broad SMARTS) is 1. The maximum absolute atomic E-state index is 13.8. The minimum absolute atomic E-state index is 0.0213. The molecule has 0 radical (unpaired) electrons. The van der Waals surface area contributed by atoms with E-state index in [4.69, 9.17) is 0 Å². The van der Waals surface area contributed by atoms with Crippen LogP contribution in [0.15, 0.2) is 59.8 Å². The highest BCUT2D eigenvalue weighted by molar-refractivity contribution is 5.91. The van der Waals surface area contributed by atoms with Gasteiger partial charge < -0.3 is 5.11 Å². The van der Waals surface area contributed by atoms with Crippen molar-refractivity contribution in [2.45, 2.75) is 52.6 Å². The molecule has 4 heterocycles. The summed E-state index contributed by atoms with van der Waals surface area (Å²) in [6.07, 6.45) is 7.26. The fourth-order valence-electron chi connectivity index (χ4n) is 4.56. The zero-order valence-corrected chi connectivity index (χ0v) is 21.9. The minimum atomic E-state index is -1.13. The van der Waals surface area contributed by atoms with E-state index in [0.29, 0.717) is 17.9 Å². The van der Waals surface area contributed by atoms with Gasteiger partial charge >= 0.3 is 11.7 Å². The summed E-state index contributed by atoms with van der Waals surface area (Å²) in [5, 5.41) is 28.1. The molecule has 5 aromatic rings. The third-order valence-electron chi connectivity index (χ3n) is 6.52. The predicted molar refractivity (Wildman–Crippen MR) is 144 cm³/mol. The van der Waals surface area contributed by atoms with Crippen molar-refractivity contribution in [3.05, 3.63) is 82.4 Å². The number of unbranched alkanes of at least 4 members (excludes halogenated alkanes) is 1. The Morgan fingerprint density at radius 3 is 2.64 bits per heavy atom. The van der Waals surface area contributed by atoms with Gasteiger partial charge in [-0.2, -0.15) is 5.10 Å². The number of benzene rings is 1. The topological polar surface area (TPSA) is 149 Å². The molecule has 0 aliphatic heterocycles. The van der Waals surface area contributed by atoms with Crippen molar-refractivity contribution in [1.82, 2.24) is 44.5 Å². The fourth-order valence-corrected chi connectivity index (χ4v) is 4.56. The van der Waals surface area contributed by atoms with Crippen LogP contribution in [0.4, 0.5) is 0 Å². The van der Waals surface area contributed by atoms with Gasteiger partial charge in [0.15, 0.2) is 11.6 Å². The number of imidazole rings is 1. The van der Waals surface area contributed by atoms with Crippen LogP contribution < -0.4 is 5.69 Å². The number of carbonyl (C=O) groups is 1. The Hall–Kier alpha value is -4.87. The molecule has 0 saturated heterocycles. The van der Waals surface area contributed by atoms with E-state index < -0.39 is 5.97 Å². The summed E-state index contributed by atoms with van der Waals surface area (Å²) >= 11 is 0. The first-order valence-electron chi connectivity index (χ1n) is 12.8. The smallest absolute Gasteiger partial charge is 0.341 e. The van der Waals surface area contributed by atoms with E-state index in [1.165, 1.54) is 10.8 Å². The van der Waals surface area contributed by atoms with E-state index in [2.05, 4.69) is 37.6 Å². The molecule has 12 heteroatoms. The maximum Gasteiger partial charge on any atom is 0.341 e. The second-order valence-corrected chi connectivity index (χ2v) is 9.55. The number of aromatic nitrogens is 9. The van der Waals surface area contributed by atoms with Crippen molar-refractivity contribution in [2.75, 3.05) is 0 Å². The molecule has 12 nitrogen and oxygen atoms in total. The molecule has 4 aromatic heterocycles. The van der Waals surface area contributed by atoms with Crippen LogP contribution in [0.2, 0.25) is 0 Å². The Morgan fingerprint density at radius 1 is 1.13 bits per heavy atom. The zero-order valence-electron chi connectivity index (χ0n) is 21.9. The molecule has 0 atom stereocenters. The number of tetrazole rings is 1. The van der Waals surface area contributed by atoms with Gasteiger partial charge in [-0.3, -0.25) is 14.1 Å². The van der Waals surface area contributed by atoms with E-state index in [-0.39, 0.29) is 29.7 Å². The average Bonchev–Trinajstić information content (AvgIpc) is 3.68. The first-order chi connectivity index (χ1) is 18.9. The van der Waals surface area contributed by atoms with Crippen molar-refractivity contribution in [3.63, 3.8) is 0 Å². The largest absolute Gasteiger partial charge is 0.477 e. The molecule has 0 unspecified atom stereocenters. The molecule has 200 valence electrons. The summed E-state index contributed by atoms with van der Waals surface area (Å²) in [6.45, 7) is 6.11. The lowest BCUT2D eigenvalue weighted by Gasteiger charge is -2.11. The highest BCUT2D eigenvalue weighted by Crippen LogP contribution is 2.25. The van der Waals surface area contributed by atoms with Gasteiger partial charge in [-0.1, -0.05) is 31.5 Å². The lowest BCUT2D eigenvalue weighted by molar-refractivity contribution is 0.0696. The SMILES string of the molecule is CCCCc1cn(-c2c(C(=O)O)cnn2C(C)C)c(=O)n1Cc1cc(-c2cccc(-c3nnn[nH]3)c2)ccn1. The average molecular weight is 528 g/mol. The second-order valence-electron chi connectivity index (χ2n) is 9.55. The quantitative estimate of drug-likeness (QED) is 0.279. The number of carboxylic acids is 1. The summed E-state index contributed by atoms with van der Waals surface area (Å²) in [7, 11) is 0. The Kier molecular flexibility index (Phi) is 7.17. The van der Waals surface area contributed by atoms with Crippen molar-refractivity contribution in [2.24, 2.45) is 0 Å². The van der Waals surface area contributed by atoms with Crippen LogP contribution in [-0.2, 0) is 13.0 Å². The van der Waals surface area contributed by atoms with Crippen molar-refractivity contribution >= 4 is 5.97 Å². The summed E-state index contributed by atoms with van der Waals surface area (Å²) in [4.78, 5) is 30.3. The highest BCUT2D eigenvalue weighted by Gasteiger charge is 2.24. The standard InChI is InChI=1S/C27H29N9O3/c1-4-5-9-22-16-35(25-23(26(37)38)14-29-36(25)17(2)3)27(39)34(22)15-21-13-19(10-11-28-21)18-7-6-8-20(12-18)24-30-32-33-31-24/h6-8,10-14,16-17H,4-5,9,15H2,1-3H3,(H,37,38)(H,30,31,32,33). The number of nitrogens with zero attached hydrogens (tertiary/aromatic N) is 8. The highest BCUT2D eigenvalue weighted by atomic mass is 16.4. The molecular weight excluding hydrogens is 498 g/mol. The van der Waals surface area contributed by atoms with Gasteiger partial charge in [-0.05, 0) is 66.4 Å². The van der Waals surface area contributed by atoms with Crippen molar-refractivity contribution in [3.8, 4) is 28.3 Å². The zero-order chi connectivity index (χ0) is 27.5. The van der Waals surface area contributed by atoms with Crippen LogP contribution in [0.5, 0.6) is 0 Å². The number of aryl methyl sites for hydroxylation is 1. The fraction of sp³-hybridized carbons (Fsp3) is 0.296. The Morgan fingerprint density at radius 2 is 1.92 bits per heavy atom. The molecule has 1 aromatic carbocycles. The number of H-pyrrole nitrogens is 1. The monoisotopic (exact) mass is 527 g/mol. The molecule has 0 saturated carbocycles. The number of pyridine rings is 1. The first kappa shape index (κ1) is 25.8. The number of aromatic carboxylic acids is 1. The third kappa shape index (κ3) is 5.13. The van der Waals surface area contributed by atoms with Crippen LogP contribution in [0, 0.1) is 0 Å². The van der Waals surface area contributed by atoms with Crippen molar-refractivity contribution < 1.29 is 9.90 Å². The maximum atomic E-state index is 13.8. The Labute approximate surface area is 224 Å². The molecule has 0 bridgehead atoms. The summed E-state index contributed by atoms with van der Waals surface area (Å²) in [6, 6.07) is 11.5. The van der Waals surface area contributed by atoms with Gasteiger partial charge in [0.05, 0.1) is 18.4 Å². The molecule has 0 spiro atoms. The molecule has 0 amide bonds. The van der Waals surface area contributed by atoms with E-state index in [1.54, 1.807) is 21.6 Å². The van der Waals surface area contributed by atoms with Crippen molar-refractivity contribution in [1.29, 1.82) is 0 Å². The van der Waals surface area contributed by atoms with E-state index >= 15 is 0 Å². The molecule has 0 aliphatic rings. The number of aromatic amines is 1. The lowest BCUT2D eigenvalue weighted by atomic mass is 10.0. The Balaban J connectivity index is 1.55. The number of hydrogen-bond donors (Lipinski definition) is 2. The molecular formula is C27H29N9O3. The molecule has 5 rings (SSSR count). The number of nitrogens with one attached hydrogen (secondary N) is 1. The van der Waals surface area contributed by atoms with Gasteiger partial charge in [0, 0.05) is 29.7 Å². The van der Waals surface area contributed by atoms with Gasteiger partial charge in [-0.15, -0.1) is 5.10 Å². The molecule has 39 heavy (non-hydrogen) atoms. The summed E-state index contributed by atoms with van der Waals surface area (Å²) in [5.41, 5.74) is 3.89. The third-order valence-corrected chi connectivity index (χ3v) is 6.52.